The summed E-state index contributed by atoms with van der Waals surface area (Å²) in [6, 6.07) is 8.78. The zero-order valence-corrected chi connectivity index (χ0v) is 14.1. The minimum absolute atomic E-state index is 0.282. The van der Waals surface area contributed by atoms with E-state index >= 15 is 0 Å². The van der Waals surface area contributed by atoms with Gasteiger partial charge in [0.25, 0.3) is 0 Å². The van der Waals surface area contributed by atoms with Crippen LogP contribution in [0.1, 0.15) is 16.8 Å². The minimum atomic E-state index is -0.282. The normalized spacial score (nSPS) is 16.7. The molecule has 1 fully saturated rings. The molecule has 0 saturated carbocycles. The topological polar surface area (TPSA) is 19.4 Å². The van der Waals surface area contributed by atoms with Crippen LogP contribution in [-0.4, -0.2) is 41.0 Å². The Morgan fingerprint density at radius 1 is 1.04 bits per heavy atom. The van der Waals surface area contributed by atoms with Crippen molar-refractivity contribution in [2.45, 2.75) is 20.0 Å². The Labute approximate surface area is 141 Å². The maximum atomic E-state index is 13.1. The van der Waals surface area contributed by atoms with Crippen molar-refractivity contribution in [2.75, 3.05) is 26.2 Å². The molecule has 2 aromatic rings. The molecule has 122 valence electrons. The van der Waals surface area contributed by atoms with Gasteiger partial charge < -0.3 is 0 Å². The molecule has 23 heavy (non-hydrogen) atoms. The predicted octanol–water partition coefficient (Wildman–Crippen LogP) is 3.50. The molecule has 0 N–H and O–H groups in total. The summed E-state index contributed by atoms with van der Waals surface area (Å²) in [7, 11) is 0. The molecule has 0 amide bonds. The molecular formula is C18H21ClFN3. The standard InChI is InChI=1S/C18H21ClFN3/c1-14-15(3-2-6-21-14)12-22-7-9-23(10-8-22)13-16-4-5-17(20)11-18(16)19/h2-6,11H,7-10,12-13H2,1H3. The Hall–Kier alpha value is -1.49. The van der Waals surface area contributed by atoms with Crippen molar-refractivity contribution in [3.05, 3.63) is 64.2 Å². The summed E-state index contributed by atoms with van der Waals surface area (Å²) in [5.74, 6) is -0.282. The maximum absolute atomic E-state index is 13.1. The Balaban J connectivity index is 1.53. The third kappa shape index (κ3) is 4.28. The van der Waals surface area contributed by atoms with Gasteiger partial charge in [0.05, 0.1) is 0 Å². The number of piperazine rings is 1. The van der Waals surface area contributed by atoms with Gasteiger partial charge >= 0.3 is 0 Å². The second-order valence-corrected chi connectivity index (χ2v) is 6.44. The van der Waals surface area contributed by atoms with Crippen LogP contribution in [0.4, 0.5) is 4.39 Å². The first-order valence-electron chi connectivity index (χ1n) is 7.91. The maximum Gasteiger partial charge on any atom is 0.124 e. The molecule has 3 nitrogen and oxygen atoms in total. The molecule has 0 spiro atoms. The van der Waals surface area contributed by atoms with Gasteiger partial charge in [-0.25, -0.2) is 4.39 Å². The van der Waals surface area contributed by atoms with Crippen molar-refractivity contribution in [2.24, 2.45) is 0 Å². The number of halogens is 2. The fourth-order valence-corrected chi connectivity index (χ4v) is 3.15. The van der Waals surface area contributed by atoms with E-state index in [4.69, 9.17) is 11.6 Å². The van der Waals surface area contributed by atoms with Gasteiger partial charge in [-0.3, -0.25) is 14.8 Å². The van der Waals surface area contributed by atoms with E-state index in [0.29, 0.717) is 5.02 Å². The summed E-state index contributed by atoms with van der Waals surface area (Å²) in [5.41, 5.74) is 3.39. The van der Waals surface area contributed by atoms with Crippen molar-refractivity contribution in [3.8, 4) is 0 Å². The van der Waals surface area contributed by atoms with Crippen molar-refractivity contribution in [3.63, 3.8) is 0 Å². The fraction of sp³-hybridized carbons (Fsp3) is 0.389. The molecule has 5 heteroatoms. The van der Waals surface area contributed by atoms with E-state index in [1.165, 1.54) is 17.7 Å². The van der Waals surface area contributed by atoms with Crippen molar-refractivity contribution in [1.29, 1.82) is 0 Å². The van der Waals surface area contributed by atoms with Crippen LogP contribution in [-0.2, 0) is 13.1 Å². The van der Waals surface area contributed by atoms with Crippen LogP contribution < -0.4 is 0 Å². The quantitative estimate of drug-likeness (QED) is 0.853. The van der Waals surface area contributed by atoms with Gasteiger partial charge in [-0.15, -0.1) is 0 Å². The molecule has 0 atom stereocenters. The molecule has 2 heterocycles. The molecule has 1 aliphatic rings. The first-order valence-corrected chi connectivity index (χ1v) is 8.29. The number of benzene rings is 1. The lowest BCUT2D eigenvalue weighted by atomic mass is 10.1. The highest BCUT2D eigenvalue weighted by Gasteiger charge is 2.18. The summed E-state index contributed by atoms with van der Waals surface area (Å²) < 4.78 is 13.1. The van der Waals surface area contributed by atoms with Gasteiger partial charge in [-0.2, -0.15) is 0 Å². The molecule has 0 aliphatic carbocycles. The lowest BCUT2D eigenvalue weighted by Crippen LogP contribution is -2.45. The number of hydrogen-bond donors (Lipinski definition) is 0. The second-order valence-electron chi connectivity index (χ2n) is 6.04. The summed E-state index contributed by atoms with van der Waals surface area (Å²) in [6.45, 7) is 7.81. The van der Waals surface area contributed by atoms with Gasteiger partial charge in [0.2, 0.25) is 0 Å². The van der Waals surface area contributed by atoms with Gasteiger partial charge in [0.1, 0.15) is 5.82 Å². The van der Waals surface area contributed by atoms with E-state index in [-0.39, 0.29) is 5.82 Å². The van der Waals surface area contributed by atoms with Crippen LogP contribution >= 0.6 is 11.6 Å². The first kappa shape index (κ1) is 16.4. The zero-order valence-electron chi connectivity index (χ0n) is 13.3. The lowest BCUT2D eigenvalue weighted by Gasteiger charge is -2.35. The Morgan fingerprint density at radius 3 is 2.30 bits per heavy atom. The number of hydrogen-bond acceptors (Lipinski definition) is 3. The smallest absolute Gasteiger partial charge is 0.124 e. The van der Waals surface area contributed by atoms with Crippen molar-refractivity contribution in [1.82, 2.24) is 14.8 Å². The van der Waals surface area contributed by atoms with Crippen LogP contribution in [0.2, 0.25) is 5.02 Å². The first-order chi connectivity index (χ1) is 11.1. The molecule has 1 saturated heterocycles. The zero-order chi connectivity index (χ0) is 16.2. The highest BCUT2D eigenvalue weighted by Crippen LogP contribution is 2.20. The largest absolute Gasteiger partial charge is 0.296 e. The Kier molecular flexibility index (Phi) is 5.26. The van der Waals surface area contributed by atoms with E-state index in [9.17, 15) is 4.39 Å². The van der Waals surface area contributed by atoms with Gasteiger partial charge in [-0.05, 0) is 36.2 Å². The number of aromatic nitrogens is 1. The molecule has 1 aliphatic heterocycles. The molecular weight excluding hydrogens is 313 g/mol. The molecule has 1 aromatic heterocycles. The van der Waals surface area contributed by atoms with Crippen LogP contribution in [0, 0.1) is 12.7 Å². The van der Waals surface area contributed by atoms with Gasteiger partial charge in [0, 0.05) is 56.2 Å². The number of pyridine rings is 1. The summed E-state index contributed by atoms with van der Waals surface area (Å²) >= 11 is 6.12. The van der Waals surface area contributed by atoms with Gasteiger partial charge in [-0.1, -0.05) is 23.7 Å². The fourth-order valence-electron chi connectivity index (χ4n) is 2.92. The summed E-state index contributed by atoms with van der Waals surface area (Å²) in [5, 5.41) is 0.512. The SMILES string of the molecule is Cc1ncccc1CN1CCN(Cc2ccc(F)cc2Cl)CC1. The van der Waals surface area contributed by atoms with Gasteiger partial charge in [0.15, 0.2) is 0 Å². The van der Waals surface area contributed by atoms with Crippen molar-refractivity contribution >= 4 is 11.6 Å². The van der Waals surface area contributed by atoms with E-state index in [1.54, 1.807) is 6.07 Å². The minimum Gasteiger partial charge on any atom is -0.296 e. The highest BCUT2D eigenvalue weighted by molar-refractivity contribution is 6.31. The van der Waals surface area contributed by atoms with E-state index in [1.807, 2.05) is 12.3 Å². The Bertz CT molecular complexity index is 669. The Morgan fingerprint density at radius 2 is 1.70 bits per heavy atom. The molecule has 0 bridgehead atoms. The highest BCUT2D eigenvalue weighted by atomic mass is 35.5. The molecule has 0 radical (unpaired) electrons. The van der Waals surface area contributed by atoms with E-state index in [0.717, 1.165) is 50.5 Å². The van der Waals surface area contributed by atoms with E-state index < -0.39 is 0 Å². The van der Waals surface area contributed by atoms with Crippen LogP contribution in [0.5, 0.6) is 0 Å². The number of aryl methyl sites for hydroxylation is 1. The van der Waals surface area contributed by atoms with E-state index in [2.05, 4.69) is 27.8 Å². The monoisotopic (exact) mass is 333 g/mol. The second kappa shape index (κ2) is 7.39. The van der Waals surface area contributed by atoms with Crippen LogP contribution in [0.25, 0.3) is 0 Å². The van der Waals surface area contributed by atoms with Crippen LogP contribution in [0.3, 0.4) is 0 Å². The average molecular weight is 334 g/mol. The van der Waals surface area contributed by atoms with Crippen molar-refractivity contribution < 1.29 is 4.39 Å². The predicted molar refractivity (Wildman–Crippen MR) is 90.9 cm³/mol. The summed E-state index contributed by atoms with van der Waals surface area (Å²) in [6.07, 6.45) is 1.84. The third-order valence-corrected chi connectivity index (χ3v) is 4.74. The van der Waals surface area contributed by atoms with Crippen LogP contribution in [0.15, 0.2) is 36.5 Å². The molecule has 1 aromatic carbocycles. The summed E-state index contributed by atoms with van der Waals surface area (Å²) in [4.78, 5) is 9.17. The third-order valence-electron chi connectivity index (χ3n) is 4.38. The number of nitrogens with zero attached hydrogens (tertiary/aromatic N) is 3. The lowest BCUT2D eigenvalue weighted by molar-refractivity contribution is 0.122. The number of rotatable bonds is 4. The molecule has 3 rings (SSSR count). The average Bonchev–Trinajstić information content (AvgIpc) is 2.54. The molecule has 0 unspecified atom stereocenters.